The number of thioether (sulfide) groups is 1. The van der Waals surface area contributed by atoms with Gasteiger partial charge < -0.3 is 14.5 Å². The maximum absolute atomic E-state index is 11.4. The van der Waals surface area contributed by atoms with Gasteiger partial charge in [-0.15, -0.1) is 10.2 Å². The highest BCUT2D eigenvalue weighted by molar-refractivity contribution is 7.98. The molecule has 0 amide bonds. The molecule has 0 unspecified atom stereocenters. The Kier molecular flexibility index (Phi) is 4.06. The molecule has 2 rings (SSSR count). The quantitative estimate of drug-likeness (QED) is 0.275. The van der Waals surface area contributed by atoms with Gasteiger partial charge in [0.25, 0.3) is 5.69 Å². The van der Waals surface area contributed by atoms with Crippen LogP contribution in [0.15, 0.2) is 29.7 Å². The Bertz CT molecular complexity index is 597. The highest BCUT2D eigenvalue weighted by Gasteiger charge is 2.11. The van der Waals surface area contributed by atoms with Gasteiger partial charge in [-0.1, -0.05) is 17.8 Å². The van der Waals surface area contributed by atoms with Gasteiger partial charge in [0.05, 0.1) is 7.11 Å². The molecule has 0 saturated carbocycles. The van der Waals surface area contributed by atoms with Crippen LogP contribution in [0.25, 0.3) is 0 Å². The van der Waals surface area contributed by atoms with Crippen LogP contribution in [0.2, 0.25) is 0 Å². The van der Waals surface area contributed by atoms with E-state index in [1.165, 1.54) is 7.11 Å². The van der Waals surface area contributed by atoms with Gasteiger partial charge in [0.15, 0.2) is 10.9 Å². The van der Waals surface area contributed by atoms with Crippen molar-refractivity contribution in [1.29, 1.82) is 0 Å². The SMILES string of the molecule is C=[N+]([O-])c1cc(CSc2nncn2C)ccc1OC. The summed E-state index contributed by atoms with van der Waals surface area (Å²) in [5, 5.41) is 20.0. The van der Waals surface area contributed by atoms with Crippen molar-refractivity contribution in [2.75, 3.05) is 7.11 Å². The lowest BCUT2D eigenvalue weighted by molar-refractivity contribution is -0.351. The molecule has 100 valence electrons. The van der Waals surface area contributed by atoms with E-state index in [9.17, 15) is 5.21 Å². The second-order valence-electron chi connectivity index (χ2n) is 3.90. The van der Waals surface area contributed by atoms with Gasteiger partial charge in [-0.3, -0.25) is 0 Å². The maximum atomic E-state index is 11.4. The summed E-state index contributed by atoms with van der Waals surface area (Å²) >= 11 is 1.55. The number of aromatic nitrogens is 3. The van der Waals surface area contributed by atoms with E-state index >= 15 is 0 Å². The normalized spacial score (nSPS) is 10.4. The third kappa shape index (κ3) is 3.05. The first kappa shape index (κ1) is 13.4. The number of rotatable bonds is 5. The smallest absolute Gasteiger partial charge is 0.258 e. The number of nitrogens with zero attached hydrogens (tertiary/aromatic N) is 4. The van der Waals surface area contributed by atoms with Gasteiger partial charge >= 0.3 is 0 Å². The lowest BCUT2D eigenvalue weighted by Crippen LogP contribution is -1.96. The Morgan fingerprint density at radius 1 is 1.53 bits per heavy atom. The Balaban J connectivity index is 2.15. The van der Waals surface area contributed by atoms with Gasteiger partial charge in [-0.05, 0) is 11.6 Å². The van der Waals surface area contributed by atoms with Crippen molar-refractivity contribution in [2.24, 2.45) is 7.05 Å². The van der Waals surface area contributed by atoms with Gasteiger partial charge in [0.1, 0.15) is 13.0 Å². The monoisotopic (exact) mass is 278 g/mol. The maximum Gasteiger partial charge on any atom is 0.258 e. The molecule has 0 N–H and O–H groups in total. The molecule has 0 aliphatic carbocycles. The predicted octanol–water partition coefficient (Wildman–Crippen LogP) is 1.96. The molecule has 0 aliphatic rings. The van der Waals surface area contributed by atoms with Crippen LogP contribution in [0.5, 0.6) is 5.75 Å². The lowest BCUT2D eigenvalue weighted by atomic mass is 10.2. The van der Waals surface area contributed by atoms with E-state index in [2.05, 4.69) is 16.9 Å². The van der Waals surface area contributed by atoms with Gasteiger partial charge in [-0.25, -0.2) is 0 Å². The van der Waals surface area contributed by atoms with Crippen molar-refractivity contribution in [2.45, 2.75) is 10.9 Å². The molecule has 0 saturated heterocycles. The number of methoxy groups -OCH3 is 1. The Hall–Kier alpha value is -2.02. The summed E-state index contributed by atoms with van der Waals surface area (Å²) in [6, 6.07) is 5.44. The van der Waals surface area contributed by atoms with E-state index in [1.54, 1.807) is 30.2 Å². The van der Waals surface area contributed by atoms with Crippen LogP contribution in [0.4, 0.5) is 5.69 Å². The fraction of sp³-hybridized carbons (Fsp3) is 0.250. The second kappa shape index (κ2) is 5.75. The largest absolute Gasteiger partial charge is 0.619 e. The van der Waals surface area contributed by atoms with Crippen LogP contribution in [0, 0.1) is 5.21 Å². The molecule has 0 bridgehead atoms. The van der Waals surface area contributed by atoms with E-state index in [1.807, 2.05) is 17.7 Å². The number of benzene rings is 1. The molecule has 7 heteroatoms. The van der Waals surface area contributed by atoms with Crippen LogP contribution in [-0.4, -0.2) is 33.3 Å². The van der Waals surface area contributed by atoms with Crippen molar-refractivity contribution in [3.8, 4) is 5.75 Å². The summed E-state index contributed by atoms with van der Waals surface area (Å²) in [5.41, 5.74) is 1.41. The second-order valence-corrected chi connectivity index (χ2v) is 4.84. The molecule has 0 atom stereocenters. The molecule has 1 aromatic heterocycles. The van der Waals surface area contributed by atoms with E-state index in [0.29, 0.717) is 21.9 Å². The third-order valence-corrected chi connectivity index (χ3v) is 3.66. The number of ether oxygens (including phenoxy) is 1. The molecule has 1 aromatic carbocycles. The Morgan fingerprint density at radius 3 is 2.89 bits per heavy atom. The topological polar surface area (TPSA) is 66.0 Å². The molecule has 6 nitrogen and oxygen atoms in total. The van der Waals surface area contributed by atoms with Gasteiger partial charge in [-0.2, -0.15) is 4.74 Å². The van der Waals surface area contributed by atoms with Crippen LogP contribution >= 0.6 is 11.8 Å². The molecule has 19 heavy (non-hydrogen) atoms. The molecule has 0 aliphatic heterocycles. The van der Waals surface area contributed by atoms with Crippen molar-refractivity contribution in [3.63, 3.8) is 0 Å². The van der Waals surface area contributed by atoms with Crippen LogP contribution in [0.1, 0.15) is 5.56 Å². The molecule has 2 aromatic rings. The average Bonchev–Trinajstić information content (AvgIpc) is 2.81. The van der Waals surface area contributed by atoms with Crippen molar-refractivity contribution < 1.29 is 9.48 Å². The van der Waals surface area contributed by atoms with Gasteiger partial charge in [0.2, 0.25) is 0 Å². The summed E-state index contributed by atoms with van der Waals surface area (Å²) in [7, 11) is 3.41. The number of hydrogen-bond acceptors (Lipinski definition) is 5. The molecule has 0 spiro atoms. The predicted molar refractivity (Wildman–Crippen MR) is 74.0 cm³/mol. The first-order valence-corrected chi connectivity index (χ1v) is 6.52. The minimum absolute atomic E-state index is 0.415. The first-order chi connectivity index (χ1) is 9.11. The van der Waals surface area contributed by atoms with Crippen molar-refractivity contribution >= 4 is 24.2 Å². The summed E-state index contributed by atoms with van der Waals surface area (Å²) in [5.74, 6) is 1.20. The zero-order chi connectivity index (χ0) is 13.8. The van der Waals surface area contributed by atoms with Crippen LogP contribution < -0.4 is 4.74 Å². The summed E-state index contributed by atoms with van der Waals surface area (Å²) in [6.45, 7) is 3.35. The third-order valence-electron chi connectivity index (χ3n) is 2.55. The fourth-order valence-electron chi connectivity index (χ4n) is 1.57. The van der Waals surface area contributed by atoms with Crippen molar-refractivity contribution in [3.05, 3.63) is 35.3 Å². The highest BCUT2D eigenvalue weighted by atomic mass is 32.2. The van der Waals surface area contributed by atoms with E-state index in [4.69, 9.17) is 4.74 Å². The zero-order valence-electron chi connectivity index (χ0n) is 10.7. The van der Waals surface area contributed by atoms with Crippen molar-refractivity contribution in [1.82, 2.24) is 14.8 Å². The minimum Gasteiger partial charge on any atom is -0.619 e. The average molecular weight is 278 g/mol. The van der Waals surface area contributed by atoms with E-state index in [-0.39, 0.29) is 0 Å². The lowest BCUT2D eigenvalue weighted by Gasteiger charge is -2.08. The summed E-state index contributed by atoms with van der Waals surface area (Å²) in [6.07, 6.45) is 1.65. The van der Waals surface area contributed by atoms with E-state index < -0.39 is 0 Å². The molecule has 1 heterocycles. The summed E-state index contributed by atoms with van der Waals surface area (Å²) < 4.78 is 7.51. The Labute approximate surface area is 115 Å². The fourth-order valence-corrected chi connectivity index (χ4v) is 2.40. The highest BCUT2D eigenvalue weighted by Crippen LogP contribution is 2.29. The molecule has 0 radical (unpaired) electrons. The molecule has 0 fully saturated rings. The van der Waals surface area contributed by atoms with Crippen LogP contribution in [0.3, 0.4) is 0 Å². The van der Waals surface area contributed by atoms with Crippen LogP contribution in [-0.2, 0) is 12.8 Å². The molecular weight excluding hydrogens is 264 g/mol. The number of aryl methyl sites for hydroxylation is 1. The molecular formula is C12H14N4O2S. The van der Waals surface area contributed by atoms with E-state index in [0.717, 1.165) is 10.7 Å². The Morgan fingerprint density at radius 2 is 2.32 bits per heavy atom. The first-order valence-electron chi connectivity index (χ1n) is 5.53. The minimum atomic E-state index is 0.415. The van der Waals surface area contributed by atoms with Gasteiger partial charge in [0, 0.05) is 18.9 Å². The summed E-state index contributed by atoms with van der Waals surface area (Å²) in [4.78, 5) is 0. The zero-order valence-corrected chi connectivity index (χ0v) is 11.6. The standard InChI is InChI=1S/C12H14N4O2S/c1-15-8-13-14-12(15)19-7-9-4-5-11(18-3)10(6-9)16(2)17/h4-6,8H,2,7H2,1,3H3. The number of hydrogen-bond donors (Lipinski definition) is 0.